The van der Waals surface area contributed by atoms with E-state index < -0.39 is 5.41 Å². The number of hydrogen-bond acceptors (Lipinski definition) is 6. The third-order valence-corrected chi connectivity index (χ3v) is 5.39. The fourth-order valence-electron chi connectivity index (χ4n) is 3.67. The van der Waals surface area contributed by atoms with Crippen molar-refractivity contribution < 1.29 is 14.3 Å². The van der Waals surface area contributed by atoms with Crippen LogP contribution in [0.2, 0.25) is 0 Å². The molecule has 2 heterocycles. The van der Waals surface area contributed by atoms with E-state index in [0.29, 0.717) is 24.9 Å². The van der Waals surface area contributed by atoms with Gasteiger partial charge in [-0.1, -0.05) is 6.07 Å². The summed E-state index contributed by atoms with van der Waals surface area (Å²) in [5, 5.41) is 3.03. The average molecular weight is 368 g/mol. The molecule has 27 heavy (non-hydrogen) atoms. The minimum atomic E-state index is -0.678. The van der Waals surface area contributed by atoms with Gasteiger partial charge in [-0.3, -0.25) is 4.79 Å². The summed E-state index contributed by atoms with van der Waals surface area (Å²) in [4.78, 5) is 24.6. The van der Waals surface area contributed by atoms with E-state index in [4.69, 9.17) is 14.5 Å². The lowest BCUT2D eigenvalue weighted by atomic mass is 9.86. The summed E-state index contributed by atoms with van der Waals surface area (Å²) in [5.41, 5.74) is 1.92. The molecule has 1 aliphatic heterocycles. The van der Waals surface area contributed by atoms with Crippen molar-refractivity contribution in [3.05, 3.63) is 41.7 Å². The Hall–Kier alpha value is -2.67. The van der Waals surface area contributed by atoms with Crippen molar-refractivity contribution in [3.8, 4) is 5.75 Å². The van der Waals surface area contributed by atoms with Gasteiger partial charge >= 0.3 is 0 Å². The second-order valence-electron chi connectivity index (χ2n) is 7.16. The number of amides is 1. The van der Waals surface area contributed by atoms with Crippen molar-refractivity contribution in [2.45, 2.75) is 25.2 Å². The third-order valence-electron chi connectivity index (χ3n) is 5.39. The Morgan fingerprint density at radius 2 is 2.15 bits per heavy atom. The van der Waals surface area contributed by atoms with Crippen LogP contribution in [0, 0.1) is 0 Å². The highest BCUT2D eigenvalue weighted by Gasteiger charge is 2.43. The van der Waals surface area contributed by atoms with E-state index in [0.717, 1.165) is 42.9 Å². The first-order valence-electron chi connectivity index (χ1n) is 9.25. The van der Waals surface area contributed by atoms with Gasteiger partial charge in [0, 0.05) is 31.0 Å². The van der Waals surface area contributed by atoms with Crippen LogP contribution >= 0.6 is 0 Å². The van der Waals surface area contributed by atoms with Gasteiger partial charge in [-0.25, -0.2) is 9.97 Å². The lowest BCUT2D eigenvalue weighted by Crippen LogP contribution is -2.39. The van der Waals surface area contributed by atoms with Crippen molar-refractivity contribution in [3.63, 3.8) is 0 Å². The maximum atomic E-state index is 13.1. The van der Waals surface area contributed by atoms with Gasteiger partial charge in [0.05, 0.1) is 31.4 Å². The number of methoxy groups -OCH3 is 1. The molecule has 1 aromatic heterocycles. The van der Waals surface area contributed by atoms with Gasteiger partial charge in [0.2, 0.25) is 11.9 Å². The zero-order valence-corrected chi connectivity index (χ0v) is 15.7. The van der Waals surface area contributed by atoms with Crippen LogP contribution in [0.3, 0.4) is 0 Å². The van der Waals surface area contributed by atoms with Gasteiger partial charge in [-0.2, -0.15) is 0 Å². The summed E-state index contributed by atoms with van der Waals surface area (Å²) in [6, 6.07) is 7.39. The molecule has 2 aromatic rings. The maximum Gasteiger partial charge on any atom is 0.236 e. The average Bonchev–Trinajstić information content (AvgIpc) is 3.06. The number of anilines is 2. The quantitative estimate of drug-likeness (QED) is 0.891. The summed E-state index contributed by atoms with van der Waals surface area (Å²) in [5.74, 6) is 1.34. The Kier molecular flexibility index (Phi) is 4.70. The minimum absolute atomic E-state index is 0.0545. The number of rotatable bonds is 4. The first-order valence-corrected chi connectivity index (χ1v) is 9.25. The molecule has 0 radical (unpaired) electrons. The molecule has 1 N–H and O–H groups in total. The Morgan fingerprint density at radius 1 is 1.33 bits per heavy atom. The lowest BCUT2D eigenvalue weighted by molar-refractivity contribution is -0.121. The standard InChI is InChI=1S/C20H24N4O3/c1-20(18(25)22-15-4-3-5-16(12-15)26-2)7-6-14-13-21-19(23-17(14)20)24-8-10-27-11-9-24/h3-5,12-13H,6-11H2,1-2H3,(H,22,25). The van der Waals surface area contributed by atoms with Gasteiger partial charge in [0.15, 0.2) is 0 Å². The second kappa shape index (κ2) is 7.15. The Morgan fingerprint density at radius 3 is 2.93 bits per heavy atom. The molecular weight excluding hydrogens is 344 g/mol. The normalized spacial score (nSPS) is 21.6. The van der Waals surface area contributed by atoms with E-state index in [1.54, 1.807) is 7.11 Å². The van der Waals surface area contributed by atoms with E-state index in [9.17, 15) is 4.79 Å². The number of fused-ring (bicyclic) bond motifs is 1. The molecule has 1 unspecified atom stereocenters. The van der Waals surface area contributed by atoms with E-state index in [-0.39, 0.29) is 5.91 Å². The van der Waals surface area contributed by atoms with Gasteiger partial charge in [0.25, 0.3) is 0 Å². The summed E-state index contributed by atoms with van der Waals surface area (Å²) in [6.45, 7) is 4.85. The molecule has 0 bridgehead atoms. The van der Waals surface area contributed by atoms with Crippen LogP contribution in [0.1, 0.15) is 24.6 Å². The smallest absolute Gasteiger partial charge is 0.236 e. The lowest BCUT2D eigenvalue weighted by Gasteiger charge is -2.28. The van der Waals surface area contributed by atoms with Crippen molar-refractivity contribution in [1.29, 1.82) is 0 Å². The Labute approximate surface area is 158 Å². The monoisotopic (exact) mass is 368 g/mol. The van der Waals surface area contributed by atoms with E-state index in [2.05, 4.69) is 15.2 Å². The number of carbonyl (C=O) groups is 1. The molecule has 142 valence electrons. The summed E-state index contributed by atoms with van der Waals surface area (Å²) >= 11 is 0. The number of carbonyl (C=O) groups excluding carboxylic acids is 1. The zero-order valence-electron chi connectivity index (χ0n) is 15.7. The summed E-state index contributed by atoms with van der Waals surface area (Å²) in [7, 11) is 1.61. The fourth-order valence-corrected chi connectivity index (χ4v) is 3.67. The highest BCUT2D eigenvalue weighted by atomic mass is 16.5. The Balaban J connectivity index is 1.59. The van der Waals surface area contributed by atoms with Crippen molar-refractivity contribution in [2.24, 2.45) is 0 Å². The van der Waals surface area contributed by atoms with Crippen LogP contribution in [0.25, 0.3) is 0 Å². The van der Waals surface area contributed by atoms with Crippen LogP contribution in [-0.2, 0) is 21.4 Å². The number of hydrogen-bond donors (Lipinski definition) is 1. The van der Waals surface area contributed by atoms with Crippen molar-refractivity contribution in [1.82, 2.24) is 9.97 Å². The van der Waals surface area contributed by atoms with Crippen LogP contribution in [0.4, 0.5) is 11.6 Å². The minimum Gasteiger partial charge on any atom is -0.497 e. The summed E-state index contributed by atoms with van der Waals surface area (Å²) in [6.07, 6.45) is 3.40. The number of aromatic nitrogens is 2. The van der Waals surface area contributed by atoms with Crippen molar-refractivity contribution >= 4 is 17.5 Å². The topological polar surface area (TPSA) is 76.6 Å². The molecule has 7 heteroatoms. The van der Waals surface area contributed by atoms with Crippen LogP contribution in [0.15, 0.2) is 30.5 Å². The molecule has 4 rings (SSSR count). The molecule has 1 atom stereocenters. The molecule has 0 saturated carbocycles. The maximum absolute atomic E-state index is 13.1. The number of nitrogens with one attached hydrogen (secondary N) is 1. The van der Waals surface area contributed by atoms with Crippen LogP contribution in [0.5, 0.6) is 5.75 Å². The SMILES string of the molecule is COc1cccc(NC(=O)C2(C)CCc3cnc(N4CCOCC4)nc32)c1. The number of ether oxygens (including phenoxy) is 2. The zero-order chi connectivity index (χ0) is 18.9. The second-order valence-corrected chi connectivity index (χ2v) is 7.16. The predicted octanol–water partition coefficient (Wildman–Crippen LogP) is 2.16. The largest absolute Gasteiger partial charge is 0.497 e. The van der Waals surface area contributed by atoms with Crippen LogP contribution < -0.4 is 15.0 Å². The molecule has 2 aliphatic rings. The fraction of sp³-hybridized carbons (Fsp3) is 0.450. The van der Waals surface area contributed by atoms with E-state index in [1.807, 2.05) is 37.4 Å². The third kappa shape index (κ3) is 3.35. The van der Waals surface area contributed by atoms with Gasteiger partial charge in [0.1, 0.15) is 5.75 Å². The molecule has 1 aromatic carbocycles. The number of morpholine rings is 1. The number of nitrogens with zero attached hydrogens (tertiary/aromatic N) is 3. The summed E-state index contributed by atoms with van der Waals surface area (Å²) < 4.78 is 10.6. The highest BCUT2D eigenvalue weighted by Crippen LogP contribution is 2.39. The first kappa shape index (κ1) is 17.7. The van der Waals surface area contributed by atoms with Crippen LogP contribution in [-0.4, -0.2) is 49.3 Å². The molecule has 1 saturated heterocycles. The molecule has 1 fully saturated rings. The van der Waals surface area contributed by atoms with Gasteiger partial charge in [-0.15, -0.1) is 0 Å². The number of benzene rings is 1. The van der Waals surface area contributed by atoms with Gasteiger partial charge in [-0.05, 0) is 37.5 Å². The molecule has 7 nitrogen and oxygen atoms in total. The predicted molar refractivity (Wildman–Crippen MR) is 102 cm³/mol. The van der Waals surface area contributed by atoms with Crippen molar-refractivity contribution in [2.75, 3.05) is 43.6 Å². The molecule has 0 spiro atoms. The van der Waals surface area contributed by atoms with E-state index in [1.165, 1.54) is 0 Å². The Bertz CT molecular complexity index is 851. The first-order chi connectivity index (χ1) is 13.1. The number of aryl methyl sites for hydroxylation is 1. The van der Waals surface area contributed by atoms with E-state index >= 15 is 0 Å². The molecule has 1 amide bonds. The highest BCUT2D eigenvalue weighted by molar-refractivity contribution is 5.99. The van der Waals surface area contributed by atoms with Gasteiger partial charge < -0.3 is 19.7 Å². The molecule has 1 aliphatic carbocycles. The molecular formula is C20H24N4O3.